The molecule has 129 valence electrons. The van der Waals surface area contributed by atoms with E-state index in [0.717, 1.165) is 42.6 Å². The van der Waals surface area contributed by atoms with Gasteiger partial charge in [0.15, 0.2) is 0 Å². The molecule has 1 aliphatic carbocycles. The Bertz CT molecular complexity index is 709. The van der Waals surface area contributed by atoms with Crippen LogP contribution >= 0.6 is 0 Å². The first-order chi connectivity index (χ1) is 12.2. The van der Waals surface area contributed by atoms with Crippen LogP contribution in [-0.4, -0.2) is 53.7 Å². The fraction of sp³-hybridized carbons (Fsp3) is 0.350. The van der Waals surface area contributed by atoms with Gasteiger partial charge in [-0.05, 0) is 0 Å². The summed E-state index contributed by atoms with van der Waals surface area (Å²) in [5.74, 6) is 0.0326. The van der Waals surface area contributed by atoms with Crippen LogP contribution in [-0.2, 0) is 4.79 Å². The Balaban J connectivity index is 1.87. The summed E-state index contributed by atoms with van der Waals surface area (Å²) in [6, 6.07) is 10.1. The summed E-state index contributed by atoms with van der Waals surface area (Å²) in [5, 5.41) is 3.28. The van der Waals surface area contributed by atoms with Crippen LogP contribution in [0.1, 0.15) is 30.9 Å². The predicted octanol–water partition coefficient (Wildman–Crippen LogP) is 2.38. The number of nitrogens with zero attached hydrogens (tertiary/aromatic N) is 1. The molecule has 1 aromatic rings. The van der Waals surface area contributed by atoms with Crippen LogP contribution in [0.4, 0.5) is 0 Å². The number of hydrogen-bond acceptors (Lipinski definition) is 3. The fourth-order valence-electron chi connectivity index (χ4n) is 3.32. The van der Waals surface area contributed by atoms with E-state index < -0.39 is 0 Å². The van der Waals surface area contributed by atoms with Crippen LogP contribution in [0.2, 0.25) is 0 Å². The second-order valence-corrected chi connectivity index (χ2v) is 7.28. The average Bonchev–Trinajstić information content (AvgIpc) is 2.67. The van der Waals surface area contributed by atoms with E-state index in [4.69, 9.17) is 0 Å². The van der Waals surface area contributed by atoms with Gasteiger partial charge in [-0.2, -0.15) is 0 Å². The Morgan fingerprint density at radius 1 is 1.24 bits per heavy atom. The predicted molar refractivity (Wildman–Crippen MR) is 102 cm³/mol. The van der Waals surface area contributed by atoms with Gasteiger partial charge in [-0.25, -0.2) is 0 Å². The Kier molecular flexibility index (Phi) is 6.37. The van der Waals surface area contributed by atoms with Crippen LogP contribution < -0.4 is 8.86 Å². The standard InChI is InChI=1S/C20H25N3O.Sn/c1-23-13-12-18(21)17(14-23)20(24)22-19(15-8-4-2-5-9-15)16-10-6-3-7-11-16;/h2,4-6,8-11,19H,3,7,12-14H2,1H3,(H3,21,22,24);/q;+1/p-1. The van der Waals surface area contributed by atoms with Crippen molar-refractivity contribution in [3.8, 4) is 0 Å². The van der Waals surface area contributed by atoms with Crippen molar-refractivity contribution < 1.29 is 4.79 Å². The molecule has 0 saturated heterocycles. The molecule has 1 amide bonds. The summed E-state index contributed by atoms with van der Waals surface area (Å²) in [4.78, 5) is 15.3. The quantitative estimate of drug-likeness (QED) is 0.691. The van der Waals surface area contributed by atoms with Crippen LogP contribution in [0.5, 0.6) is 0 Å². The Morgan fingerprint density at radius 2 is 2.04 bits per heavy atom. The Morgan fingerprint density at radius 3 is 2.72 bits per heavy atom. The number of benzene rings is 1. The van der Waals surface area contributed by atoms with E-state index in [9.17, 15) is 4.79 Å². The minimum absolute atomic E-state index is 0.0326. The zero-order chi connectivity index (χ0) is 17.6. The summed E-state index contributed by atoms with van der Waals surface area (Å²) in [5.41, 5.74) is 4.25. The van der Waals surface area contributed by atoms with E-state index in [1.54, 1.807) is 0 Å². The summed E-state index contributed by atoms with van der Waals surface area (Å²) >= 11 is 1.23. The van der Waals surface area contributed by atoms with Gasteiger partial charge < -0.3 is 0 Å². The van der Waals surface area contributed by atoms with Crippen LogP contribution in [0.3, 0.4) is 0 Å². The number of carbonyl (C=O) groups excluding carboxylic acids is 1. The van der Waals surface area contributed by atoms with Gasteiger partial charge in [0.05, 0.1) is 0 Å². The van der Waals surface area contributed by atoms with Gasteiger partial charge in [-0.15, -0.1) is 0 Å². The molecule has 5 heteroatoms. The van der Waals surface area contributed by atoms with Crippen molar-refractivity contribution in [2.75, 3.05) is 20.1 Å². The van der Waals surface area contributed by atoms with Gasteiger partial charge in [-0.3, -0.25) is 0 Å². The van der Waals surface area contributed by atoms with Crippen molar-refractivity contribution in [3.05, 3.63) is 71.0 Å². The number of rotatable bonds is 5. The average molecular weight is 441 g/mol. The van der Waals surface area contributed by atoms with E-state index in [-0.39, 0.29) is 11.9 Å². The molecule has 0 bridgehead atoms. The van der Waals surface area contributed by atoms with Crippen LogP contribution in [0, 0.1) is 0 Å². The summed E-state index contributed by atoms with van der Waals surface area (Å²) in [6.45, 7) is 1.68. The Hall–Kier alpha value is -1.53. The molecule has 1 atom stereocenters. The number of amides is 1. The third kappa shape index (κ3) is 4.55. The topological polar surface area (TPSA) is 44.4 Å². The second kappa shape index (κ2) is 8.72. The van der Waals surface area contributed by atoms with Gasteiger partial charge in [-0.1, -0.05) is 0 Å². The van der Waals surface area contributed by atoms with Crippen molar-refractivity contribution in [1.29, 1.82) is 0 Å². The number of likely N-dealkylation sites (N-methyl/N-ethyl adjacent to an activating group) is 1. The molecule has 1 aromatic carbocycles. The summed E-state index contributed by atoms with van der Waals surface area (Å²) in [6.07, 6.45) is 9.58. The molecule has 3 radical (unpaired) electrons. The molecule has 2 aliphatic rings. The number of carbonyl (C=O) groups is 1. The van der Waals surface area contributed by atoms with Gasteiger partial charge >= 0.3 is 164 Å². The van der Waals surface area contributed by atoms with Gasteiger partial charge in [0.2, 0.25) is 0 Å². The fourth-order valence-corrected chi connectivity index (χ4v) is 4.10. The monoisotopic (exact) mass is 442 g/mol. The molecule has 1 heterocycles. The molecule has 1 aliphatic heterocycles. The molecule has 0 aromatic heterocycles. The molecule has 0 spiro atoms. The van der Waals surface area contributed by atoms with Gasteiger partial charge in [0.1, 0.15) is 0 Å². The third-order valence-corrected chi connectivity index (χ3v) is 5.59. The first-order valence-electron chi connectivity index (χ1n) is 8.74. The Labute approximate surface area is 163 Å². The van der Waals surface area contributed by atoms with E-state index >= 15 is 0 Å². The first kappa shape index (κ1) is 18.3. The number of hydrogen-bond donors (Lipinski definition) is 2. The van der Waals surface area contributed by atoms with Crippen molar-refractivity contribution in [2.24, 2.45) is 0 Å². The molecular weight excluding hydrogens is 417 g/mol. The maximum absolute atomic E-state index is 13.1. The van der Waals surface area contributed by atoms with Crippen molar-refractivity contribution in [2.45, 2.75) is 25.3 Å². The molecule has 0 fully saturated rings. The van der Waals surface area contributed by atoms with E-state index in [1.807, 2.05) is 18.2 Å². The van der Waals surface area contributed by atoms with E-state index in [0.29, 0.717) is 6.54 Å². The number of nitrogens with one attached hydrogen (secondary N) is 2. The molecule has 2 N–H and O–H groups in total. The SMILES string of the molecule is CN1CCC([NH][Sn])=C(C(=O)NC(C2=CCCC=C2)c2ccccc2)C1. The molecule has 25 heavy (non-hydrogen) atoms. The second-order valence-electron chi connectivity index (χ2n) is 6.57. The zero-order valence-electron chi connectivity index (χ0n) is 14.6. The van der Waals surface area contributed by atoms with Crippen LogP contribution in [0.25, 0.3) is 0 Å². The van der Waals surface area contributed by atoms with Gasteiger partial charge in [0.25, 0.3) is 0 Å². The third-order valence-electron chi connectivity index (χ3n) is 4.73. The number of allylic oxidation sites excluding steroid dienone is 2. The first-order valence-corrected chi connectivity index (χ1v) is 10.2. The van der Waals surface area contributed by atoms with Crippen molar-refractivity contribution in [3.63, 3.8) is 0 Å². The molecular formula is C20H24N3OSn. The summed E-state index contributed by atoms with van der Waals surface area (Å²) < 4.78 is 3.30. The zero-order valence-corrected chi connectivity index (χ0v) is 17.4. The molecule has 3 rings (SSSR count). The molecule has 4 nitrogen and oxygen atoms in total. The maximum atomic E-state index is 13.1. The van der Waals surface area contributed by atoms with E-state index in [1.165, 1.54) is 28.4 Å². The summed E-state index contributed by atoms with van der Waals surface area (Å²) in [7, 11) is 2.06. The van der Waals surface area contributed by atoms with E-state index in [2.05, 4.69) is 51.2 Å². The minimum atomic E-state index is -0.101. The van der Waals surface area contributed by atoms with Crippen LogP contribution in [0.15, 0.2) is 65.4 Å². The normalized spacial score (nSPS) is 19.4. The van der Waals surface area contributed by atoms with Crippen molar-refractivity contribution in [1.82, 2.24) is 13.8 Å². The van der Waals surface area contributed by atoms with Gasteiger partial charge in [0, 0.05) is 0 Å². The molecule has 0 saturated carbocycles. The van der Waals surface area contributed by atoms with Crippen molar-refractivity contribution >= 4 is 28.7 Å². The molecule has 1 unspecified atom stereocenters.